The lowest BCUT2D eigenvalue weighted by Crippen LogP contribution is -2.45. The van der Waals surface area contributed by atoms with Gasteiger partial charge in [0, 0.05) is 36.9 Å². The van der Waals surface area contributed by atoms with Gasteiger partial charge >= 0.3 is 6.03 Å². The van der Waals surface area contributed by atoms with Crippen LogP contribution in [-0.2, 0) is 0 Å². The minimum Gasteiger partial charge on any atom is -0.339 e. The van der Waals surface area contributed by atoms with E-state index in [2.05, 4.69) is 17.1 Å². The molecule has 3 fully saturated rings. The molecule has 1 N–H and O–H groups in total. The highest BCUT2D eigenvalue weighted by Crippen LogP contribution is 2.33. The van der Waals surface area contributed by atoms with Crippen LogP contribution in [0, 0.1) is 11.8 Å². The lowest BCUT2D eigenvalue weighted by atomic mass is 9.94. The van der Waals surface area contributed by atoms with Gasteiger partial charge < -0.3 is 15.1 Å². The van der Waals surface area contributed by atoms with Crippen LogP contribution in [0.2, 0.25) is 0 Å². The maximum Gasteiger partial charge on any atom is 0.322 e. The fourth-order valence-corrected chi connectivity index (χ4v) is 4.65. The second-order valence-corrected chi connectivity index (χ2v) is 9.37. The highest BCUT2D eigenvalue weighted by atomic mass is 16.2. The molecule has 2 saturated carbocycles. The molecule has 3 amide bonds. The van der Waals surface area contributed by atoms with Crippen molar-refractivity contribution in [2.45, 2.75) is 70.8 Å². The number of rotatable bonds is 5. The fraction of sp³-hybridized carbons (Fsp3) is 0.667. The molecular formula is C24H35N3O2. The highest BCUT2D eigenvalue weighted by Gasteiger charge is 2.32. The first-order valence-electron chi connectivity index (χ1n) is 11.6. The van der Waals surface area contributed by atoms with E-state index in [0.717, 1.165) is 51.0 Å². The Labute approximate surface area is 174 Å². The Kier molecular flexibility index (Phi) is 6.41. The number of urea groups is 1. The van der Waals surface area contributed by atoms with Gasteiger partial charge in [-0.3, -0.25) is 4.79 Å². The molecule has 0 radical (unpaired) electrons. The van der Waals surface area contributed by atoms with Crippen molar-refractivity contribution in [3.8, 4) is 0 Å². The summed E-state index contributed by atoms with van der Waals surface area (Å²) < 4.78 is 0. The molecule has 2 aliphatic carbocycles. The molecule has 158 valence electrons. The van der Waals surface area contributed by atoms with Gasteiger partial charge in [0.15, 0.2) is 0 Å². The number of carbonyl (C=O) groups excluding carboxylic acids is 2. The van der Waals surface area contributed by atoms with Crippen molar-refractivity contribution in [3.05, 3.63) is 29.8 Å². The number of likely N-dealkylation sites (tertiary alicyclic amines) is 1. The van der Waals surface area contributed by atoms with Crippen molar-refractivity contribution in [3.63, 3.8) is 0 Å². The third-order valence-corrected chi connectivity index (χ3v) is 6.88. The zero-order valence-corrected chi connectivity index (χ0v) is 17.7. The van der Waals surface area contributed by atoms with Crippen LogP contribution in [0.25, 0.3) is 0 Å². The summed E-state index contributed by atoms with van der Waals surface area (Å²) >= 11 is 0. The number of hydrogen-bond acceptors (Lipinski definition) is 2. The number of nitrogens with one attached hydrogen (secondary N) is 1. The number of carbonyl (C=O) groups is 2. The topological polar surface area (TPSA) is 52.7 Å². The van der Waals surface area contributed by atoms with Gasteiger partial charge in [0.1, 0.15) is 0 Å². The van der Waals surface area contributed by atoms with Gasteiger partial charge in [-0.15, -0.1) is 0 Å². The molecule has 5 heteroatoms. The first-order valence-corrected chi connectivity index (χ1v) is 11.6. The largest absolute Gasteiger partial charge is 0.339 e. The second kappa shape index (κ2) is 9.19. The summed E-state index contributed by atoms with van der Waals surface area (Å²) in [5.41, 5.74) is 1.48. The number of anilines is 1. The maximum absolute atomic E-state index is 13.0. The Bertz CT molecular complexity index is 699. The minimum absolute atomic E-state index is 0.0212. The molecule has 29 heavy (non-hydrogen) atoms. The van der Waals surface area contributed by atoms with Gasteiger partial charge in [0.05, 0.1) is 0 Å². The van der Waals surface area contributed by atoms with Gasteiger partial charge in [-0.25, -0.2) is 4.79 Å². The summed E-state index contributed by atoms with van der Waals surface area (Å²) in [4.78, 5) is 29.8. The summed E-state index contributed by atoms with van der Waals surface area (Å²) in [6.45, 7) is 4.82. The molecule has 3 aliphatic rings. The summed E-state index contributed by atoms with van der Waals surface area (Å²) in [7, 11) is 0. The van der Waals surface area contributed by atoms with Gasteiger partial charge in [-0.05, 0) is 74.6 Å². The number of hydrogen-bond donors (Lipinski definition) is 1. The smallest absolute Gasteiger partial charge is 0.322 e. The van der Waals surface area contributed by atoms with Gasteiger partial charge in [0.2, 0.25) is 0 Å². The van der Waals surface area contributed by atoms with E-state index in [1.54, 1.807) is 0 Å². The molecule has 1 aliphatic heterocycles. The first-order chi connectivity index (χ1) is 14.1. The standard InChI is InChI=1S/C24H35N3O2/c1-18-13-15-26(16-14-18)23(28)20-9-11-21(12-10-20)25-24(29)27(17-19-7-8-19)22-5-3-2-4-6-22/h9-12,18-19,22H,2-8,13-17H2,1H3,(H,25,29). The van der Waals surface area contributed by atoms with Gasteiger partial charge in [-0.2, -0.15) is 0 Å². The predicted octanol–water partition coefficient (Wildman–Crippen LogP) is 5.14. The average Bonchev–Trinajstić information content (AvgIpc) is 3.57. The summed E-state index contributed by atoms with van der Waals surface area (Å²) in [6.07, 6.45) is 10.7. The van der Waals surface area contributed by atoms with E-state index < -0.39 is 0 Å². The van der Waals surface area contributed by atoms with Crippen LogP contribution in [0.1, 0.15) is 75.1 Å². The average molecular weight is 398 g/mol. The quantitative estimate of drug-likeness (QED) is 0.748. The molecule has 4 rings (SSSR count). The van der Waals surface area contributed by atoms with E-state index in [4.69, 9.17) is 0 Å². The lowest BCUT2D eigenvalue weighted by molar-refractivity contribution is 0.0697. The molecule has 0 atom stereocenters. The molecule has 0 bridgehead atoms. The predicted molar refractivity (Wildman–Crippen MR) is 116 cm³/mol. The zero-order chi connectivity index (χ0) is 20.2. The zero-order valence-electron chi connectivity index (χ0n) is 17.7. The third-order valence-electron chi connectivity index (χ3n) is 6.88. The number of benzene rings is 1. The molecule has 1 aromatic carbocycles. The lowest BCUT2D eigenvalue weighted by Gasteiger charge is -2.34. The summed E-state index contributed by atoms with van der Waals surface area (Å²) in [6, 6.07) is 7.84. The molecule has 0 spiro atoms. The van der Waals surface area contributed by atoms with E-state index >= 15 is 0 Å². The Morgan fingerprint density at radius 2 is 1.62 bits per heavy atom. The van der Waals surface area contributed by atoms with Crippen molar-refractivity contribution in [2.75, 3.05) is 25.0 Å². The van der Waals surface area contributed by atoms with Crippen molar-refractivity contribution in [2.24, 2.45) is 11.8 Å². The summed E-state index contributed by atoms with van der Waals surface area (Å²) in [5, 5.41) is 3.09. The molecule has 1 aromatic rings. The Morgan fingerprint density at radius 3 is 2.24 bits per heavy atom. The van der Waals surface area contributed by atoms with Crippen LogP contribution >= 0.6 is 0 Å². The second-order valence-electron chi connectivity index (χ2n) is 9.37. The van der Waals surface area contributed by atoms with E-state index in [0.29, 0.717) is 23.4 Å². The minimum atomic E-state index is 0.0212. The molecule has 1 heterocycles. The molecular weight excluding hydrogens is 362 g/mol. The number of nitrogens with zero attached hydrogens (tertiary/aromatic N) is 2. The molecule has 0 unspecified atom stereocenters. The molecule has 0 aromatic heterocycles. The Balaban J connectivity index is 1.36. The maximum atomic E-state index is 13.0. The van der Waals surface area contributed by atoms with Crippen LogP contribution < -0.4 is 5.32 Å². The summed E-state index contributed by atoms with van der Waals surface area (Å²) in [5.74, 6) is 1.50. The van der Waals surface area contributed by atoms with Crippen LogP contribution in [0.4, 0.5) is 10.5 Å². The first kappa shape index (κ1) is 20.2. The van der Waals surface area contributed by atoms with E-state index in [-0.39, 0.29) is 11.9 Å². The van der Waals surface area contributed by atoms with Crippen molar-refractivity contribution < 1.29 is 9.59 Å². The van der Waals surface area contributed by atoms with Crippen molar-refractivity contribution >= 4 is 17.6 Å². The number of amides is 3. The SMILES string of the molecule is CC1CCN(C(=O)c2ccc(NC(=O)N(CC3CC3)C3CCCCC3)cc2)CC1. The monoisotopic (exact) mass is 397 g/mol. The molecule has 1 saturated heterocycles. The van der Waals surface area contributed by atoms with E-state index in [9.17, 15) is 9.59 Å². The third kappa shape index (κ3) is 5.31. The highest BCUT2D eigenvalue weighted by molar-refractivity contribution is 5.95. The van der Waals surface area contributed by atoms with Crippen LogP contribution in [0.3, 0.4) is 0 Å². The van der Waals surface area contributed by atoms with Crippen LogP contribution in [0.15, 0.2) is 24.3 Å². The molecule has 5 nitrogen and oxygen atoms in total. The van der Waals surface area contributed by atoms with E-state index in [1.807, 2.05) is 29.2 Å². The normalized spacial score (nSPS) is 21.1. The Morgan fingerprint density at radius 1 is 0.966 bits per heavy atom. The van der Waals surface area contributed by atoms with Crippen molar-refractivity contribution in [1.29, 1.82) is 0 Å². The Hall–Kier alpha value is -2.04. The van der Waals surface area contributed by atoms with Crippen molar-refractivity contribution in [1.82, 2.24) is 9.80 Å². The van der Waals surface area contributed by atoms with Crippen LogP contribution in [-0.4, -0.2) is 47.4 Å². The van der Waals surface area contributed by atoms with E-state index in [1.165, 1.54) is 32.1 Å². The number of piperidine rings is 1. The fourth-order valence-electron chi connectivity index (χ4n) is 4.65. The van der Waals surface area contributed by atoms with Gasteiger partial charge in [-0.1, -0.05) is 26.2 Å². The van der Waals surface area contributed by atoms with Gasteiger partial charge in [0.25, 0.3) is 5.91 Å². The van der Waals surface area contributed by atoms with Crippen LogP contribution in [0.5, 0.6) is 0 Å².